The Hall–Kier alpha value is -0.480. The molecule has 0 rings (SSSR count). The Morgan fingerprint density at radius 1 is 1.69 bits per heavy atom. The van der Waals surface area contributed by atoms with Crippen LogP contribution in [0.15, 0.2) is 11.6 Å². The van der Waals surface area contributed by atoms with Crippen molar-refractivity contribution in [2.24, 2.45) is 5.73 Å². The van der Waals surface area contributed by atoms with Crippen molar-refractivity contribution in [2.75, 3.05) is 18.6 Å². The summed E-state index contributed by atoms with van der Waals surface area (Å²) in [5.41, 5.74) is 6.21. The molecule has 4 heteroatoms. The van der Waals surface area contributed by atoms with Gasteiger partial charge in [-0.15, -0.1) is 0 Å². The van der Waals surface area contributed by atoms with Gasteiger partial charge in [-0.25, -0.2) is 4.79 Å². The average molecular weight is 203 g/mol. The van der Waals surface area contributed by atoms with Crippen molar-refractivity contribution in [2.45, 2.75) is 19.9 Å². The van der Waals surface area contributed by atoms with Crippen LogP contribution in [0.4, 0.5) is 0 Å². The second kappa shape index (κ2) is 6.97. The molecule has 0 aliphatic heterocycles. The molecule has 0 bridgehead atoms. The first-order chi connectivity index (χ1) is 6.07. The summed E-state index contributed by atoms with van der Waals surface area (Å²) in [4.78, 5) is 10.9. The molecule has 0 radical (unpaired) electrons. The normalized spacial score (nSPS) is 14.0. The van der Waals surface area contributed by atoms with Gasteiger partial charge in [0.1, 0.15) is 0 Å². The quantitative estimate of drug-likeness (QED) is 0.414. The third-order valence-corrected chi connectivity index (χ3v) is 2.56. The van der Waals surface area contributed by atoms with E-state index in [1.165, 1.54) is 7.11 Å². The largest absolute Gasteiger partial charge is 0.466 e. The van der Waals surface area contributed by atoms with E-state index in [-0.39, 0.29) is 12.0 Å². The maximum atomic E-state index is 10.9. The van der Waals surface area contributed by atoms with Crippen LogP contribution in [0.1, 0.15) is 13.8 Å². The van der Waals surface area contributed by atoms with Crippen LogP contribution in [-0.2, 0) is 9.53 Å². The van der Waals surface area contributed by atoms with Crippen molar-refractivity contribution in [3.8, 4) is 0 Å². The molecule has 0 saturated carbocycles. The lowest BCUT2D eigenvalue weighted by molar-refractivity contribution is -0.136. The molecule has 1 atom stereocenters. The number of carbonyl (C=O) groups is 1. The van der Waals surface area contributed by atoms with Gasteiger partial charge in [-0.3, -0.25) is 0 Å². The average Bonchev–Trinajstić information content (AvgIpc) is 2.10. The zero-order valence-corrected chi connectivity index (χ0v) is 9.19. The molecule has 0 fully saturated rings. The van der Waals surface area contributed by atoms with Crippen LogP contribution < -0.4 is 5.73 Å². The van der Waals surface area contributed by atoms with Gasteiger partial charge in [-0.2, -0.15) is 11.8 Å². The van der Waals surface area contributed by atoms with Crippen molar-refractivity contribution < 1.29 is 9.53 Å². The van der Waals surface area contributed by atoms with Gasteiger partial charge in [0.05, 0.1) is 7.11 Å². The first-order valence-electron chi connectivity index (χ1n) is 4.16. The van der Waals surface area contributed by atoms with Gasteiger partial charge in [0.2, 0.25) is 0 Å². The molecule has 0 amide bonds. The minimum atomic E-state index is -0.263. The summed E-state index contributed by atoms with van der Waals surface area (Å²) < 4.78 is 4.55. The smallest absolute Gasteiger partial charge is 0.333 e. The summed E-state index contributed by atoms with van der Waals surface area (Å²) in [6.07, 6.45) is 1.86. The molecule has 0 spiro atoms. The molecule has 0 heterocycles. The molecule has 0 aromatic carbocycles. The molecule has 1 unspecified atom stereocenters. The van der Waals surface area contributed by atoms with Gasteiger partial charge in [-0.1, -0.05) is 6.08 Å². The monoisotopic (exact) mass is 203 g/mol. The van der Waals surface area contributed by atoms with Crippen molar-refractivity contribution in [3.05, 3.63) is 11.6 Å². The summed E-state index contributed by atoms with van der Waals surface area (Å²) in [5.74, 6) is 1.45. The molecule has 3 nitrogen and oxygen atoms in total. The Labute approximate surface area is 83.7 Å². The summed E-state index contributed by atoms with van der Waals surface area (Å²) in [6, 6.07) is 0.205. The molecule has 2 N–H and O–H groups in total. The molecule has 0 aromatic rings. The maximum absolute atomic E-state index is 10.9. The SMILES string of the molecule is COC(=O)C(C)=CCSCC(C)N. The van der Waals surface area contributed by atoms with Gasteiger partial charge in [0.15, 0.2) is 0 Å². The van der Waals surface area contributed by atoms with Gasteiger partial charge in [-0.05, 0) is 13.8 Å². The Kier molecular flexibility index (Phi) is 6.72. The van der Waals surface area contributed by atoms with E-state index >= 15 is 0 Å². The maximum Gasteiger partial charge on any atom is 0.333 e. The van der Waals surface area contributed by atoms with Crippen LogP contribution in [0.2, 0.25) is 0 Å². The van der Waals surface area contributed by atoms with E-state index in [2.05, 4.69) is 4.74 Å². The highest BCUT2D eigenvalue weighted by atomic mass is 32.2. The number of carbonyl (C=O) groups excluding carboxylic acids is 1. The minimum Gasteiger partial charge on any atom is -0.466 e. The number of thioether (sulfide) groups is 1. The fraction of sp³-hybridized carbons (Fsp3) is 0.667. The fourth-order valence-electron chi connectivity index (χ4n) is 0.682. The predicted octanol–water partition coefficient (Wildman–Crippen LogP) is 1.19. The van der Waals surface area contributed by atoms with Gasteiger partial charge < -0.3 is 10.5 Å². The van der Waals surface area contributed by atoms with Crippen LogP contribution in [0.5, 0.6) is 0 Å². The summed E-state index contributed by atoms with van der Waals surface area (Å²) in [6.45, 7) is 3.71. The third kappa shape index (κ3) is 6.66. The van der Waals surface area contributed by atoms with E-state index in [1.807, 2.05) is 13.0 Å². The van der Waals surface area contributed by atoms with E-state index in [1.54, 1.807) is 18.7 Å². The predicted molar refractivity (Wildman–Crippen MR) is 56.7 cm³/mol. The lowest BCUT2D eigenvalue weighted by Crippen LogP contribution is -2.17. The van der Waals surface area contributed by atoms with Gasteiger partial charge in [0.25, 0.3) is 0 Å². The van der Waals surface area contributed by atoms with Crippen LogP contribution in [0, 0.1) is 0 Å². The summed E-state index contributed by atoms with van der Waals surface area (Å²) in [7, 11) is 1.38. The second-order valence-corrected chi connectivity index (χ2v) is 3.97. The number of ether oxygens (including phenoxy) is 1. The highest BCUT2D eigenvalue weighted by Gasteiger charge is 2.01. The minimum absolute atomic E-state index is 0.205. The van der Waals surface area contributed by atoms with Crippen molar-refractivity contribution in [3.63, 3.8) is 0 Å². The van der Waals surface area contributed by atoms with Crippen molar-refractivity contribution in [1.82, 2.24) is 0 Å². The molecular weight excluding hydrogens is 186 g/mol. The second-order valence-electron chi connectivity index (χ2n) is 2.89. The first-order valence-corrected chi connectivity index (χ1v) is 5.31. The Bertz CT molecular complexity index is 190. The Morgan fingerprint density at radius 2 is 2.31 bits per heavy atom. The highest BCUT2D eigenvalue weighted by molar-refractivity contribution is 7.99. The number of esters is 1. The van der Waals surface area contributed by atoms with Crippen LogP contribution in [0.25, 0.3) is 0 Å². The van der Waals surface area contributed by atoms with Crippen LogP contribution in [0.3, 0.4) is 0 Å². The third-order valence-electron chi connectivity index (χ3n) is 1.40. The van der Waals surface area contributed by atoms with E-state index in [4.69, 9.17) is 5.73 Å². The number of hydrogen-bond acceptors (Lipinski definition) is 4. The van der Waals surface area contributed by atoms with E-state index in [0.717, 1.165) is 11.5 Å². The van der Waals surface area contributed by atoms with Crippen LogP contribution >= 0.6 is 11.8 Å². The standard InChI is InChI=1S/C9H17NO2S/c1-7(9(11)12-3)4-5-13-6-8(2)10/h4,8H,5-6,10H2,1-3H3. The van der Waals surface area contributed by atoms with Gasteiger partial charge >= 0.3 is 5.97 Å². The lowest BCUT2D eigenvalue weighted by Gasteiger charge is -2.02. The molecule has 0 aromatic heterocycles. The van der Waals surface area contributed by atoms with Crippen molar-refractivity contribution in [1.29, 1.82) is 0 Å². The zero-order valence-electron chi connectivity index (χ0n) is 8.37. The number of nitrogens with two attached hydrogens (primary N) is 1. The number of hydrogen-bond donors (Lipinski definition) is 1. The van der Waals surface area contributed by atoms with E-state index in [9.17, 15) is 4.79 Å². The number of rotatable bonds is 5. The van der Waals surface area contributed by atoms with Crippen LogP contribution in [-0.4, -0.2) is 30.6 Å². The molecular formula is C9H17NO2S. The fourth-order valence-corrected chi connectivity index (χ4v) is 1.56. The molecule has 0 saturated heterocycles. The van der Waals surface area contributed by atoms with Crippen molar-refractivity contribution >= 4 is 17.7 Å². The summed E-state index contributed by atoms with van der Waals surface area (Å²) in [5, 5.41) is 0. The molecule has 76 valence electrons. The lowest BCUT2D eigenvalue weighted by atomic mass is 10.3. The highest BCUT2D eigenvalue weighted by Crippen LogP contribution is 2.04. The Morgan fingerprint density at radius 3 is 2.77 bits per heavy atom. The van der Waals surface area contributed by atoms with Gasteiger partial charge in [0, 0.05) is 23.1 Å². The van der Waals surface area contributed by atoms with E-state index < -0.39 is 0 Å². The Balaban J connectivity index is 3.65. The zero-order chi connectivity index (χ0) is 10.3. The first kappa shape index (κ1) is 12.5. The number of methoxy groups -OCH3 is 1. The molecule has 0 aliphatic carbocycles. The molecule has 0 aliphatic rings. The van der Waals surface area contributed by atoms with E-state index in [0.29, 0.717) is 5.57 Å². The topological polar surface area (TPSA) is 52.3 Å². The summed E-state index contributed by atoms with van der Waals surface area (Å²) >= 11 is 1.71. The molecule has 13 heavy (non-hydrogen) atoms.